The lowest BCUT2D eigenvalue weighted by Gasteiger charge is -2.09. The second-order valence-electron chi connectivity index (χ2n) is 4.32. The van der Waals surface area contributed by atoms with E-state index in [9.17, 15) is 9.59 Å². The van der Waals surface area contributed by atoms with Crippen molar-refractivity contribution in [1.82, 2.24) is 4.57 Å². The monoisotopic (exact) mass is 241 g/mol. The summed E-state index contributed by atoms with van der Waals surface area (Å²) in [6, 6.07) is 11.1. The van der Waals surface area contributed by atoms with E-state index in [0.717, 1.165) is 11.3 Å². The van der Waals surface area contributed by atoms with E-state index in [0.29, 0.717) is 11.3 Å². The van der Waals surface area contributed by atoms with E-state index >= 15 is 0 Å². The fraction of sp³-hybridized carbons (Fsp3) is 0.200. The lowest BCUT2D eigenvalue weighted by molar-refractivity contribution is 0.100. The average molecular weight is 241 g/mol. The third-order valence-corrected chi connectivity index (χ3v) is 3.06. The number of carbonyl (C=O) groups is 2. The maximum Gasteiger partial charge on any atom is 0.176 e. The van der Waals surface area contributed by atoms with Crippen LogP contribution in [0.3, 0.4) is 0 Å². The van der Waals surface area contributed by atoms with Gasteiger partial charge < -0.3 is 4.57 Å². The minimum atomic E-state index is 0.0176. The molecule has 3 heteroatoms. The van der Waals surface area contributed by atoms with Gasteiger partial charge in [0, 0.05) is 30.8 Å². The topological polar surface area (TPSA) is 39.1 Å². The second-order valence-corrected chi connectivity index (χ2v) is 4.32. The molecule has 2 aromatic rings. The number of ketones is 2. The molecule has 2 rings (SSSR count). The standard InChI is InChI=1S/C15H15NO2/c1-10(17)12-6-4-5-7-13(12)15-9-8-14(11(2)18)16(15)3/h4-9H,1-3H3. The minimum absolute atomic E-state index is 0.0176. The predicted octanol–water partition coefficient (Wildman–Crippen LogP) is 3.10. The van der Waals surface area contributed by atoms with Crippen LogP contribution in [-0.4, -0.2) is 16.1 Å². The van der Waals surface area contributed by atoms with E-state index in [-0.39, 0.29) is 11.6 Å². The summed E-state index contributed by atoms with van der Waals surface area (Å²) >= 11 is 0. The smallest absolute Gasteiger partial charge is 0.176 e. The molecule has 0 fully saturated rings. The van der Waals surface area contributed by atoms with Crippen LogP contribution in [0.5, 0.6) is 0 Å². The van der Waals surface area contributed by atoms with Gasteiger partial charge in [-0.25, -0.2) is 0 Å². The predicted molar refractivity (Wildman–Crippen MR) is 70.9 cm³/mol. The highest BCUT2D eigenvalue weighted by atomic mass is 16.1. The molecule has 0 radical (unpaired) electrons. The van der Waals surface area contributed by atoms with Gasteiger partial charge in [0.15, 0.2) is 11.6 Å². The Hall–Kier alpha value is -2.16. The van der Waals surface area contributed by atoms with Gasteiger partial charge in [0.1, 0.15) is 0 Å². The Morgan fingerprint density at radius 2 is 1.61 bits per heavy atom. The van der Waals surface area contributed by atoms with E-state index in [1.54, 1.807) is 19.1 Å². The average Bonchev–Trinajstić information content (AvgIpc) is 2.71. The largest absolute Gasteiger partial charge is 0.341 e. The van der Waals surface area contributed by atoms with Crippen molar-refractivity contribution in [2.75, 3.05) is 0 Å². The summed E-state index contributed by atoms with van der Waals surface area (Å²) in [6.07, 6.45) is 0. The van der Waals surface area contributed by atoms with Gasteiger partial charge in [0.2, 0.25) is 0 Å². The summed E-state index contributed by atoms with van der Waals surface area (Å²) in [5, 5.41) is 0. The minimum Gasteiger partial charge on any atom is -0.341 e. The van der Waals surface area contributed by atoms with Crippen molar-refractivity contribution in [1.29, 1.82) is 0 Å². The van der Waals surface area contributed by atoms with Gasteiger partial charge in [0.25, 0.3) is 0 Å². The summed E-state index contributed by atoms with van der Waals surface area (Å²) in [7, 11) is 1.84. The van der Waals surface area contributed by atoms with Gasteiger partial charge in [-0.3, -0.25) is 9.59 Å². The molecule has 1 aromatic carbocycles. The van der Waals surface area contributed by atoms with Gasteiger partial charge >= 0.3 is 0 Å². The number of hydrogen-bond acceptors (Lipinski definition) is 2. The Morgan fingerprint density at radius 3 is 2.17 bits per heavy atom. The van der Waals surface area contributed by atoms with Gasteiger partial charge in [0.05, 0.1) is 5.69 Å². The quantitative estimate of drug-likeness (QED) is 0.774. The molecule has 0 N–H and O–H groups in total. The summed E-state index contributed by atoms with van der Waals surface area (Å²) < 4.78 is 1.82. The van der Waals surface area contributed by atoms with Crippen LogP contribution in [-0.2, 0) is 7.05 Å². The van der Waals surface area contributed by atoms with Crippen LogP contribution >= 0.6 is 0 Å². The molecule has 0 bridgehead atoms. The lowest BCUT2D eigenvalue weighted by Crippen LogP contribution is -2.04. The molecule has 0 aliphatic carbocycles. The van der Waals surface area contributed by atoms with Crippen molar-refractivity contribution in [2.45, 2.75) is 13.8 Å². The highest BCUT2D eigenvalue weighted by Crippen LogP contribution is 2.25. The Kier molecular flexibility index (Phi) is 3.15. The van der Waals surface area contributed by atoms with Crippen molar-refractivity contribution in [2.24, 2.45) is 7.05 Å². The lowest BCUT2D eigenvalue weighted by atomic mass is 10.0. The summed E-state index contributed by atoms with van der Waals surface area (Å²) in [4.78, 5) is 23.1. The Balaban J connectivity index is 2.63. The van der Waals surface area contributed by atoms with Crippen LogP contribution in [0.2, 0.25) is 0 Å². The van der Waals surface area contributed by atoms with Crippen molar-refractivity contribution in [3.05, 3.63) is 47.7 Å². The van der Waals surface area contributed by atoms with Gasteiger partial charge in [-0.1, -0.05) is 24.3 Å². The first-order valence-corrected chi connectivity index (χ1v) is 5.79. The molecule has 0 atom stereocenters. The van der Waals surface area contributed by atoms with E-state index in [4.69, 9.17) is 0 Å². The summed E-state index contributed by atoms with van der Waals surface area (Å²) in [5.41, 5.74) is 3.06. The zero-order valence-corrected chi connectivity index (χ0v) is 10.7. The number of hydrogen-bond donors (Lipinski definition) is 0. The molecule has 1 heterocycles. The zero-order chi connectivity index (χ0) is 13.3. The zero-order valence-electron chi connectivity index (χ0n) is 10.7. The van der Waals surface area contributed by atoms with Crippen LogP contribution in [0.4, 0.5) is 0 Å². The molecule has 18 heavy (non-hydrogen) atoms. The maximum absolute atomic E-state index is 11.6. The summed E-state index contributed by atoms with van der Waals surface area (Å²) in [6.45, 7) is 3.09. The fourth-order valence-corrected chi connectivity index (χ4v) is 2.15. The molecule has 0 unspecified atom stereocenters. The molecule has 1 aromatic heterocycles. The molecule has 92 valence electrons. The second kappa shape index (κ2) is 4.61. The SMILES string of the molecule is CC(=O)c1ccccc1-c1ccc(C(C)=O)n1C. The number of carbonyl (C=O) groups excluding carboxylic acids is 2. The first-order chi connectivity index (χ1) is 8.52. The van der Waals surface area contributed by atoms with Crippen molar-refractivity contribution in [3.8, 4) is 11.3 Å². The number of Topliss-reactive ketones (excluding diaryl/α,β-unsaturated/α-hetero) is 2. The van der Waals surface area contributed by atoms with Crippen LogP contribution in [0.1, 0.15) is 34.7 Å². The van der Waals surface area contributed by atoms with Crippen molar-refractivity contribution in [3.63, 3.8) is 0 Å². The molecule has 3 nitrogen and oxygen atoms in total. The Morgan fingerprint density at radius 1 is 0.944 bits per heavy atom. The van der Waals surface area contributed by atoms with Gasteiger partial charge in [-0.15, -0.1) is 0 Å². The Bertz CT molecular complexity index is 623. The fourth-order valence-electron chi connectivity index (χ4n) is 2.15. The molecule has 0 amide bonds. The first-order valence-electron chi connectivity index (χ1n) is 5.79. The first kappa shape index (κ1) is 12.3. The normalized spacial score (nSPS) is 10.4. The number of aromatic nitrogens is 1. The van der Waals surface area contributed by atoms with E-state index in [2.05, 4.69) is 0 Å². The van der Waals surface area contributed by atoms with Crippen LogP contribution in [0.25, 0.3) is 11.3 Å². The van der Waals surface area contributed by atoms with Gasteiger partial charge in [-0.2, -0.15) is 0 Å². The van der Waals surface area contributed by atoms with Crippen LogP contribution in [0.15, 0.2) is 36.4 Å². The van der Waals surface area contributed by atoms with Crippen molar-refractivity contribution < 1.29 is 9.59 Å². The van der Waals surface area contributed by atoms with E-state index < -0.39 is 0 Å². The molecule has 0 aliphatic heterocycles. The Labute approximate surface area is 106 Å². The third-order valence-electron chi connectivity index (χ3n) is 3.06. The van der Waals surface area contributed by atoms with E-state index in [1.165, 1.54) is 6.92 Å². The summed E-state index contributed by atoms with van der Waals surface area (Å²) in [5.74, 6) is 0.0419. The number of rotatable bonds is 3. The molecule has 0 spiro atoms. The number of benzene rings is 1. The van der Waals surface area contributed by atoms with Gasteiger partial charge in [-0.05, 0) is 19.1 Å². The molecule has 0 aliphatic rings. The molecular weight excluding hydrogens is 226 g/mol. The van der Waals surface area contributed by atoms with Crippen molar-refractivity contribution >= 4 is 11.6 Å². The third kappa shape index (κ3) is 1.99. The maximum atomic E-state index is 11.6. The molecule has 0 saturated carbocycles. The van der Waals surface area contributed by atoms with Crippen LogP contribution < -0.4 is 0 Å². The molecular formula is C15H15NO2. The highest BCUT2D eigenvalue weighted by molar-refractivity contribution is 6.01. The highest BCUT2D eigenvalue weighted by Gasteiger charge is 2.14. The van der Waals surface area contributed by atoms with E-state index in [1.807, 2.05) is 35.9 Å². The van der Waals surface area contributed by atoms with Crippen LogP contribution in [0, 0.1) is 0 Å². The molecule has 0 saturated heterocycles. The number of nitrogens with zero attached hydrogens (tertiary/aromatic N) is 1.